The van der Waals surface area contributed by atoms with E-state index >= 15 is 0 Å². The van der Waals surface area contributed by atoms with E-state index in [-0.39, 0.29) is 11.3 Å². The van der Waals surface area contributed by atoms with Gasteiger partial charge < -0.3 is 0 Å². The Labute approximate surface area is 70.4 Å². The zero-order valence-electron chi connectivity index (χ0n) is 6.09. The minimum Gasteiger partial charge on any atom is -0.298 e. The Bertz CT molecular complexity index is 265. The topological polar surface area (TPSA) is 17.1 Å². The molecule has 3 rings (SSSR count). The normalized spacial score (nSPS) is 49.2. The molecular weight excluding hydrogens is 160 g/mol. The molecule has 0 aliphatic heterocycles. The smallest absolute Gasteiger partial charge is 0.155 e. The molecule has 0 bridgehead atoms. The van der Waals surface area contributed by atoms with Crippen molar-refractivity contribution in [3.63, 3.8) is 0 Å². The highest BCUT2D eigenvalue weighted by molar-refractivity contribution is 6.34. The third-order valence-electron chi connectivity index (χ3n) is 3.40. The fourth-order valence-electron chi connectivity index (χ4n) is 2.50. The van der Waals surface area contributed by atoms with Crippen LogP contribution in [0.25, 0.3) is 0 Å². The molecule has 0 aromatic rings. The lowest BCUT2D eigenvalue weighted by molar-refractivity contribution is -0.133. The molecule has 0 amide bonds. The lowest BCUT2D eigenvalue weighted by atomic mass is 9.68. The Balaban J connectivity index is 1.99. The Morgan fingerprint density at radius 3 is 2.91 bits per heavy atom. The number of carbonyl (C=O) groups is 1. The molecule has 0 N–H and O–H groups in total. The van der Waals surface area contributed by atoms with Crippen LogP contribution in [-0.4, -0.2) is 11.2 Å². The summed E-state index contributed by atoms with van der Waals surface area (Å²) < 4.78 is 0. The number of halogens is 1. The summed E-state index contributed by atoms with van der Waals surface area (Å²) >= 11 is 5.85. The van der Waals surface area contributed by atoms with Gasteiger partial charge in [0.15, 0.2) is 5.78 Å². The standard InChI is InChI=1S/C9H9ClO/c10-7-5-1-2-9(3-4-9)6(5)8(7)11/h1-2,5-7H,3-4H2. The van der Waals surface area contributed by atoms with Gasteiger partial charge in [-0.3, -0.25) is 4.79 Å². The molecular formula is C9H9ClO. The Kier molecular flexibility index (Phi) is 0.885. The number of allylic oxidation sites excluding steroid dienone is 2. The zero-order valence-corrected chi connectivity index (χ0v) is 6.84. The SMILES string of the molecule is O=C1C(Cl)C2C=CC3(CC3)C12. The zero-order chi connectivity index (χ0) is 7.64. The predicted molar refractivity (Wildman–Crippen MR) is 42.4 cm³/mol. The summed E-state index contributed by atoms with van der Waals surface area (Å²) in [5.41, 5.74) is 0.299. The van der Waals surface area contributed by atoms with Crippen molar-refractivity contribution in [1.29, 1.82) is 0 Å². The maximum Gasteiger partial charge on any atom is 0.155 e. The van der Waals surface area contributed by atoms with Crippen molar-refractivity contribution >= 4 is 17.4 Å². The lowest BCUT2D eigenvalue weighted by Crippen LogP contribution is -2.49. The van der Waals surface area contributed by atoms with Crippen LogP contribution in [0, 0.1) is 17.3 Å². The third kappa shape index (κ3) is 0.538. The van der Waals surface area contributed by atoms with E-state index in [1.54, 1.807) is 0 Å². The maximum atomic E-state index is 11.3. The van der Waals surface area contributed by atoms with Gasteiger partial charge in [-0.15, -0.1) is 11.6 Å². The average Bonchev–Trinajstić information content (AvgIpc) is 2.65. The molecule has 58 valence electrons. The summed E-state index contributed by atoms with van der Waals surface area (Å²) in [4.78, 5) is 11.3. The molecule has 3 aliphatic carbocycles. The molecule has 0 aromatic heterocycles. The van der Waals surface area contributed by atoms with Crippen molar-refractivity contribution in [2.45, 2.75) is 18.2 Å². The molecule has 0 heterocycles. The van der Waals surface area contributed by atoms with E-state index in [0.717, 1.165) is 0 Å². The van der Waals surface area contributed by atoms with Gasteiger partial charge in [0.05, 0.1) is 5.38 Å². The number of hydrogen-bond acceptors (Lipinski definition) is 1. The van der Waals surface area contributed by atoms with Crippen LogP contribution in [0.1, 0.15) is 12.8 Å². The van der Waals surface area contributed by atoms with Crippen molar-refractivity contribution in [2.75, 3.05) is 0 Å². The molecule has 1 spiro atoms. The largest absolute Gasteiger partial charge is 0.298 e. The quantitative estimate of drug-likeness (QED) is 0.398. The van der Waals surface area contributed by atoms with Crippen LogP contribution in [0.3, 0.4) is 0 Å². The summed E-state index contributed by atoms with van der Waals surface area (Å²) in [6, 6.07) is 0. The van der Waals surface area contributed by atoms with E-state index in [4.69, 9.17) is 11.6 Å². The van der Waals surface area contributed by atoms with E-state index < -0.39 is 0 Å². The average molecular weight is 169 g/mol. The van der Waals surface area contributed by atoms with Gasteiger partial charge in [0.25, 0.3) is 0 Å². The van der Waals surface area contributed by atoms with Crippen LogP contribution in [0.15, 0.2) is 12.2 Å². The molecule has 11 heavy (non-hydrogen) atoms. The summed E-state index contributed by atoms with van der Waals surface area (Å²) in [7, 11) is 0. The van der Waals surface area contributed by atoms with E-state index in [9.17, 15) is 4.79 Å². The first-order chi connectivity index (χ1) is 5.25. The molecule has 0 radical (unpaired) electrons. The molecule has 0 aromatic carbocycles. The van der Waals surface area contributed by atoms with Crippen LogP contribution in [0.4, 0.5) is 0 Å². The Morgan fingerprint density at radius 2 is 2.27 bits per heavy atom. The number of carbonyl (C=O) groups excluding carboxylic acids is 1. The highest BCUT2D eigenvalue weighted by atomic mass is 35.5. The van der Waals surface area contributed by atoms with E-state index in [0.29, 0.717) is 17.1 Å². The first kappa shape index (κ1) is 6.24. The second-order valence-corrected chi connectivity index (χ2v) is 4.42. The molecule has 3 atom stereocenters. The minimum absolute atomic E-state index is 0.198. The Morgan fingerprint density at radius 1 is 1.55 bits per heavy atom. The molecule has 3 aliphatic rings. The van der Waals surface area contributed by atoms with Crippen LogP contribution in [-0.2, 0) is 4.79 Å². The van der Waals surface area contributed by atoms with Crippen molar-refractivity contribution in [2.24, 2.45) is 17.3 Å². The summed E-state index contributed by atoms with van der Waals surface area (Å²) in [6.07, 6.45) is 6.79. The molecule has 2 saturated carbocycles. The van der Waals surface area contributed by atoms with Gasteiger partial charge in [-0.05, 0) is 18.3 Å². The monoisotopic (exact) mass is 168 g/mol. The van der Waals surface area contributed by atoms with Crippen molar-refractivity contribution in [3.05, 3.63) is 12.2 Å². The molecule has 2 fully saturated rings. The highest BCUT2D eigenvalue weighted by Crippen LogP contribution is 2.65. The van der Waals surface area contributed by atoms with Crippen molar-refractivity contribution < 1.29 is 4.79 Å². The van der Waals surface area contributed by atoms with Gasteiger partial charge in [0, 0.05) is 11.8 Å². The third-order valence-corrected chi connectivity index (χ3v) is 3.90. The first-order valence-electron chi connectivity index (χ1n) is 4.12. The van der Waals surface area contributed by atoms with Gasteiger partial charge in [-0.2, -0.15) is 0 Å². The van der Waals surface area contributed by atoms with Crippen LogP contribution in [0.2, 0.25) is 0 Å². The van der Waals surface area contributed by atoms with E-state index in [1.807, 2.05) is 0 Å². The fraction of sp³-hybridized carbons (Fsp3) is 0.667. The first-order valence-corrected chi connectivity index (χ1v) is 4.55. The van der Waals surface area contributed by atoms with E-state index in [2.05, 4.69) is 12.2 Å². The number of alkyl halides is 1. The van der Waals surface area contributed by atoms with Crippen molar-refractivity contribution in [1.82, 2.24) is 0 Å². The highest BCUT2D eigenvalue weighted by Gasteiger charge is 2.64. The number of rotatable bonds is 0. The lowest BCUT2D eigenvalue weighted by Gasteiger charge is -2.37. The second-order valence-electron chi connectivity index (χ2n) is 3.95. The summed E-state index contributed by atoms with van der Waals surface area (Å²) in [5.74, 6) is 0.954. The van der Waals surface area contributed by atoms with Gasteiger partial charge in [0.2, 0.25) is 0 Å². The van der Waals surface area contributed by atoms with E-state index in [1.165, 1.54) is 12.8 Å². The van der Waals surface area contributed by atoms with Crippen LogP contribution < -0.4 is 0 Å². The minimum atomic E-state index is -0.198. The fourth-order valence-corrected chi connectivity index (χ4v) is 2.87. The number of hydrogen-bond donors (Lipinski definition) is 0. The molecule has 2 heteroatoms. The molecule has 0 saturated heterocycles. The molecule has 1 nitrogen and oxygen atoms in total. The summed E-state index contributed by atoms with van der Waals surface area (Å²) in [5, 5.41) is -0.198. The second kappa shape index (κ2) is 1.56. The van der Waals surface area contributed by atoms with Gasteiger partial charge >= 0.3 is 0 Å². The van der Waals surface area contributed by atoms with Crippen LogP contribution in [0.5, 0.6) is 0 Å². The van der Waals surface area contributed by atoms with Gasteiger partial charge in [-0.25, -0.2) is 0 Å². The number of ketones is 1. The van der Waals surface area contributed by atoms with Gasteiger partial charge in [0.1, 0.15) is 0 Å². The number of Topliss-reactive ketones (excluding diaryl/α,β-unsaturated/α-hetero) is 1. The predicted octanol–water partition coefficient (Wildman–Crippen LogP) is 1.76. The van der Waals surface area contributed by atoms with Crippen LogP contribution >= 0.6 is 11.6 Å². The Hall–Kier alpha value is -0.300. The molecule has 3 unspecified atom stereocenters. The maximum absolute atomic E-state index is 11.3. The van der Waals surface area contributed by atoms with Crippen molar-refractivity contribution in [3.8, 4) is 0 Å². The van der Waals surface area contributed by atoms with Gasteiger partial charge in [-0.1, -0.05) is 12.2 Å². The number of fused-ring (bicyclic) bond motifs is 2. The summed E-state index contributed by atoms with van der Waals surface area (Å²) in [6.45, 7) is 0.